The van der Waals surface area contributed by atoms with E-state index in [1.807, 2.05) is 36.9 Å². The predicted molar refractivity (Wildman–Crippen MR) is 80.8 cm³/mol. The summed E-state index contributed by atoms with van der Waals surface area (Å²) in [4.78, 5) is 30.9. The van der Waals surface area contributed by atoms with E-state index >= 15 is 0 Å². The molecule has 5 nitrogen and oxygen atoms in total. The van der Waals surface area contributed by atoms with Crippen molar-refractivity contribution in [1.29, 1.82) is 0 Å². The topological polar surface area (TPSA) is 59.5 Å². The maximum Gasteiger partial charge on any atom is 0.307 e. The van der Waals surface area contributed by atoms with Gasteiger partial charge in [0.2, 0.25) is 5.91 Å². The summed E-state index contributed by atoms with van der Waals surface area (Å²) in [6, 6.07) is 5.81. The van der Waals surface area contributed by atoms with Crippen molar-refractivity contribution in [3.63, 3.8) is 0 Å². The van der Waals surface area contributed by atoms with Gasteiger partial charge in [0.05, 0.1) is 24.1 Å². The SMILES string of the molecule is CC1(C)OC(=O)CC1C(=O)N1CCCCC1c1ccccn1. The molecule has 3 rings (SSSR count). The molecule has 1 aromatic heterocycles. The average molecular weight is 302 g/mol. The molecule has 0 radical (unpaired) electrons. The fourth-order valence-electron chi connectivity index (χ4n) is 3.48. The number of cyclic esters (lactones) is 1. The Kier molecular flexibility index (Phi) is 3.89. The molecule has 0 bridgehead atoms. The van der Waals surface area contributed by atoms with Crippen LogP contribution in [0.1, 0.15) is 51.3 Å². The minimum Gasteiger partial charge on any atom is -0.459 e. The first-order chi connectivity index (χ1) is 10.5. The first-order valence-corrected chi connectivity index (χ1v) is 7.92. The summed E-state index contributed by atoms with van der Waals surface area (Å²) >= 11 is 0. The molecular formula is C17H22N2O3. The number of pyridine rings is 1. The van der Waals surface area contributed by atoms with Crippen LogP contribution < -0.4 is 0 Å². The molecule has 118 valence electrons. The number of aromatic nitrogens is 1. The third kappa shape index (κ3) is 2.72. The highest BCUT2D eigenvalue weighted by Crippen LogP contribution is 2.38. The number of nitrogens with zero attached hydrogens (tertiary/aromatic N) is 2. The number of rotatable bonds is 2. The van der Waals surface area contributed by atoms with Crippen LogP contribution in [0.4, 0.5) is 0 Å². The lowest BCUT2D eigenvalue weighted by molar-refractivity contribution is -0.150. The zero-order chi connectivity index (χ0) is 15.7. The molecule has 5 heteroatoms. The fraction of sp³-hybridized carbons (Fsp3) is 0.588. The summed E-state index contributed by atoms with van der Waals surface area (Å²) in [5.74, 6) is -0.662. The van der Waals surface area contributed by atoms with Gasteiger partial charge in [0.1, 0.15) is 5.60 Å². The van der Waals surface area contributed by atoms with E-state index < -0.39 is 11.5 Å². The van der Waals surface area contributed by atoms with Crippen molar-refractivity contribution in [1.82, 2.24) is 9.88 Å². The smallest absolute Gasteiger partial charge is 0.307 e. The van der Waals surface area contributed by atoms with Crippen molar-refractivity contribution in [2.75, 3.05) is 6.54 Å². The van der Waals surface area contributed by atoms with E-state index in [2.05, 4.69) is 4.98 Å². The molecule has 2 aliphatic heterocycles. The number of likely N-dealkylation sites (tertiary alicyclic amines) is 1. The number of hydrogen-bond donors (Lipinski definition) is 0. The van der Waals surface area contributed by atoms with Gasteiger partial charge in [-0.1, -0.05) is 6.07 Å². The van der Waals surface area contributed by atoms with Crippen LogP contribution in [0, 0.1) is 5.92 Å². The predicted octanol–water partition coefficient (Wildman–Crippen LogP) is 2.48. The lowest BCUT2D eigenvalue weighted by atomic mass is 9.87. The van der Waals surface area contributed by atoms with Crippen molar-refractivity contribution < 1.29 is 14.3 Å². The molecule has 2 atom stereocenters. The molecule has 3 heterocycles. The molecule has 2 aliphatic rings. The van der Waals surface area contributed by atoms with E-state index in [1.54, 1.807) is 6.20 Å². The number of esters is 1. The molecule has 1 amide bonds. The van der Waals surface area contributed by atoms with Crippen LogP contribution in [0.25, 0.3) is 0 Å². The number of ether oxygens (including phenoxy) is 1. The summed E-state index contributed by atoms with van der Waals surface area (Å²) in [6.07, 6.45) is 4.95. The summed E-state index contributed by atoms with van der Waals surface area (Å²) in [5.41, 5.74) is 0.207. The van der Waals surface area contributed by atoms with Crippen LogP contribution in [-0.2, 0) is 14.3 Å². The molecule has 0 N–H and O–H groups in total. The Balaban J connectivity index is 1.85. The zero-order valence-electron chi connectivity index (χ0n) is 13.1. The molecule has 0 aromatic carbocycles. The quantitative estimate of drug-likeness (QED) is 0.788. The van der Waals surface area contributed by atoms with E-state index in [-0.39, 0.29) is 24.3 Å². The van der Waals surface area contributed by atoms with Crippen LogP contribution in [0.15, 0.2) is 24.4 Å². The normalized spacial score (nSPS) is 27.5. The van der Waals surface area contributed by atoms with Gasteiger partial charge in [0.15, 0.2) is 0 Å². The van der Waals surface area contributed by atoms with Gasteiger partial charge in [-0.2, -0.15) is 0 Å². The lowest BCUT2D eigenvalue weighted by Crippen LogP contribution is -2.46. The second-order valence-corrected chi connectivity index (χ2v) is 6.63. The highest BCUT2D eigenvalue weighted by Gasteiger charge is 2.48. The summed E-state index contributed by atoms with van der Waals surface area (Å²) in [5, 5.41) is 0. The van der Waals surface area contributed by atoms with Gasteiger partial charge in [0.25, 0.3) is 0 Å². The van der Waals surface area contributed by atoms with Gasteiger partial charge < -0.3 is 9.64 Å². The molecular weight excluding hydrogens is 280 g/mol. The first-order valence-electron chi connectivity index (χ1n) is 7.92. The molecule has 0 aliphatic carbocycles. The summed E-state index contributed by atoms with van der Waals surface area (Å²) in [6.45, 7) is 4.36. The third-order valence-corrected chi connectivity index (χ3v) is 4.70. The molecule has 0 saturated carbocycles. The van der Waals surface area contributed by atoms with Crippen LogP contribution in [-0.4, -0.2) is 33.9 Å². The summed E-state index contributed by atoms with van der Waals surface area (Å²) < 4.78 is 5.31. The Morgan fingerprint density at radius 1 is 1.36 bits per heavy atom. The van der Waals surface area contributed by atoms with E-state index in [1.165, 1.54) is 0 Å². The highest BCUT2D eigenvalue weighted by atomic mass is 16.6. The highest BCUT2D eigenvalue weighted by molar-refractivity contribution is 5.88. The van der Waals surface area contributed by atoms with Crippen molar-refractivity contribution in [2.24, 2.45) is 5.92 Å². The third-order valence-electron chi connectivity index (χ3n) is 4.70. The Labute approximate surface area is 130 Å². The minimum absolute atomic E-state index is 0.00829. The molecule has 2 saturated heterocycles. The van der Waals surface area contributed by atoms with E-state index in [4.69, 9.17) is 4.74 Å². The van der Waals surface area contributed by atoms with Crippen molar-refractivity contribution in [3.8, 4) is 0 Å². The minimum atomic E-state index is -0.722. The van der Waals surface area contributed by atoms with Gasteiger partial charge >= 0.3 is 5.97 Å². The van der Waals surface area contributed by atoms with Gasteiger partial charge in [-0.05, 0) is 45.2 Å². The Morgan fingerprint density at radius 3 is 2.82 bits per heavy atom. The van der Waals surface area contributed by atoms with Crippen LogP contribution in [0.3, 0.4) is 0 Å². The van der Waals surface area contributed by atoms with Gasteiger partial charge in [-0.25, -0.2) is 0 Å². The number of piperidine rings is 1. The summed E-state index contributed by atoms with van der Waals surface area (Å²) in [7, 11) is 0. The Morgan fingerprint density at radius 2 is 2.18 bits per heavy atom. The molecule has 1 aromatic rings. The number of amides is 1. The molecule has 2 fully saturated rings. The molecule has 0 spiro atoms. The Bertz CT molecular complexity index is 571. The van der Waals surface area contributed by atoms with Gasteiger partial charge in [-0.15, -0.1) is 0 Å². The van der Waals surface area contributed by atoms with Crippen molar-refractivity contribution in [3.05, 3.63) is 30.1 Å². The monoisotopic (exact) mass is 302 g/mol. The number of carbonyl (C=O) groups excluding carboxylic acids is 2. The molecule has 2 unspecified atom stereocenters. The maximum absolute atomic E-state index is 13.0. The largest absolute Gasteiger partial charge is 0.459 e. The van der Waals surface area contributed by atoms with Crippen LogP contribution >= 0.6 is 0 Å². The fourth-order valence-corrected chi connectivity index (χ4v) is 3.48. The van der Waals surface area contributed by atoms with Gasteiger partial charge in [-0.3, -0.25) is 14.6 Å². The Hall–Kier alpha value is -1.91. The maximum atomic E-state index is 13.0. The second-order valence-electron chi connectivity index (χ2n) is 6.63. The van der Waals surface area contributed by atoms with Crippen LogP contribution in [0.5, 0.6) is 0 Å². The standard InChI is InChI=1S/C17H22N2O3/c1-17(2)12(11-15(20)22-17)16(21)19-10-6-4-8-14(19)13-7-3-5-9-18-13/h3,5,7,9,12,14H,4,6,8,10-11H2,1-2H3. The molecule has 22 heavy (non-hydrogen) atoms. The number of hydrogen-bond acceptors (Lipinski definition) is 4. The van der Waals surface area contributed by atoms with E-state index in [9.17, 15) is 9.59 Å². The van der Waals surface area contributed by atoms with Gasteiger partial charge in [0, 0.05) is 12.7 Å². The zero-order valence-corrected chi connectivity index (χ0v) is 13.1. The first kappa shape index (κ1) is 15.0. The lowest BCUT2D eigenvalue weighted by Gasteiger charge is -2.38. The number of carbonyl (C=O) groups is 2. The van der Waals surface area contributed by atoms with Crippen molar-refractivity contribution in [2.45, 2.75) is 51.2 Å². The average Bonchev–Trinajstić information content (AvgIpc) is 2.80. The van der Waals surface area contributed by atoms with Crippen molar-refractivity contribution >= 4 is 11.9 Å². The van der Waals surface area contributed by atoms with E-state index in [0.29, 0.717) is 0 Å². The van der Waals surface area contributed by atoms with Crippen LogP contribution in [0.2, 0.25) is 0 Å². The second kappa shape index (κ2) is 5.71. The van der Waals surface area contributed by atoms with E-state index in [0.717, 1.165) is 31.5 Å².